The molecule has 0 unspecified atom stereocenters. The average molecular weight is 309 g/mol. The van der Waals surface area contributed by atoms with E-state index in [1.807, 2.05) is 0 Å². The Bertz CT molecular complexity index is 541. The highest BCUT2D eigenvalue weighted by Crippen LogP contribution is 2.25. The van der Waals surface area contributed by atoms with Gasteiger partial charge in [0.05, 0.1) is 5.25 Å². The van der Waals surface area contributed by atoms with Crippen LogP contribution in [0.15, 0.2) is 24.3 Å². The van der Waals surface area contributed by atoms with Gasteiger partial charge in [-0.25, -0.2) is 12.7 Å². The van der Waals surface area contributed by atoms with Gasteiger partial charge in [0.1, 0.15) is 0 Å². The lowest BCUT2D eigenvalue weighted by atomic mass is 9.91. The first-order valence-electron chi connectivity index (χ1n) is 7.94. The molecule has 0 bridgehead atoms. The molecule has 0 saturated carbocycles. The molecule has 1 aromatic rings. The molecule has 21 heavy (non-hydrogen) atoms. The Hall–Kier alpha value is -0.870. The van der Waals surface area contributed by atoms with Gasteiger partial charge in [-0.15, -0.1) is 0 Å². The molecule has 0 radical (unpaired) electrons. The van der Waals surface area contributed by atoms with Crippen LogP contribution in [0.25, 0.3) is 0 Å². The van der Waals surface area contributed by atoms with E-state index in [0.717, 1.165) is 19.3 Å². The maximum atomic E-state index is 12.1. The molecule has 0 aromatic heterocycles. The molecule has 0 spiro atoms. The normalized spacial score (nSPS) is 18.3. The van der Waals surface area contributed by atoms with E-state index >= 15 is 0 Å². The molecule has 1 aromatic carbocycles. The Morgan fingerprint density at radius 3 is 2.24 bits per heavy atom. The molecule has 1 aliphatic rings. The summed E-state index contributed by atoms with van der Waals surface area (Å²) in [5.41, 5.74) is 2.68. The Balaban J connectivity index is 1.81. The van der Waals surface area contributed by atoms with Gasteiger partial charge in [0.15, 0.2) is 0 Å². The van der Waals surface area contributed by atoms with Gasteiger partial charge in [-0.1, -0.05) is 29.8 Å². The minimum Gasteiger partial charge on any atom is -0.212 e. The number of piperidine rings is 1. The van der Waals surface area contributed by atoms with Crippen molar-refractivity contribution in [3.8, 4) is 0 Å². The van der Waals surface area contributed by atoms with E-state index in [2.05, 4.69) is 31.2 Å². The number of sulfonamides is 1. The summed E-state index contributed by atoms with van der Waals surface area (Å²) in [7, 11) is -3.06. The molecule has 118 valence electrons. The van der Waals surface area contributed by atoms with E-state index in [4.69, 9.17) is 0 Å². The van der Waals surface area contributed by atoms with Crippen molar-refractivity contribution in [2.45, 2.75) is 51.7 Å². The third-order valence-electron chi connectivity index (χ3n) is 4.49. The Morgan fingerprint density at radius 1 is 1.14 bits per heavy atom. The van der Waals surface area contributed by atoms with Crippen LogP contribution in [0, 0.1) is 12.8 Å². The topological polar surface area (TPSA) is 37.4 Å². The summed E-state index contributed by atoms with van der Waals surface area (Å²) in [4.78, 5) is 0. The molecule has 0 N–H and O–H groups in total. The second-order valence-corrected chi connectivity index (χ2v) is 8.95. The van der Waals surface area contributed by atoms with Crippen LogP contribution in [0.3, 0.4) is 0 Å². The van der Waals surface area contributed by atoms with Crippen LogP contribution in [-0.2, 0) is 16.4 Å². The van der Waals surface area contributed by atoms with E-state index in [-0.39, 0.29) is 5.25 Å². The number of nitrogens with zero attached hydrogens (tertiary/aromatic N) is 1. The molecule has 1 aliphatic heterocycles. The lowest BCUT2D eigenvalue weighted by Gasteiger charge is -2.32. The van der Waals surface area contributed by atoms with Crippen molar-refractivity contribution < 1.29 is 8.42 Å². The molecule has 4 heteroatoms. The third-order valence-corrected chi connectivity index (χ3v) is 6.77. The molecule has 1 fully saturated rings. The quantitative estimate of drug-likeness (QED) is 0.836. The SMILES string of the molecule is Cc1ccc(CCC2CCN(S(=O)(=O)C(C)C)CC2)cc1. The first-order valence-corrected chi connectivity index (χ1v) is 9.44. The highest BCUT2D eigenvalue weighted by molar-refractivity contribution is 7.89. The van der Waals surface area contributed by atoms with E-state index in [1.54, 1.807) is 18.2 Å². The summed E-state index contributed by atoms with van der Waals surface area (Å²) in [5, 5.41) is -0.304. The maximum absolute atomic E-state index is 12.1. The molecule has 3 nitrogen and oxygen atoms in total. The Kier molecular flexibility index (Phi) is 5.44. The summed E-state index contributed by atoms with van der Waals surface area (Å²) in [5.74, 6) is 0.657. The predicted octanol–water partition coefficient (Wildman–Crippen LogP) is 3.38. The zero-order chi connectivity index (χ0) is 15.5. The van der Waals surface area contributed by atoms with Gasteiger partial charge in [0.2, 0.25) is 10.0 Å². The molecule has 1 heterocycles. The second kappa shape index (κ2) is 6.93. The van der Waals surface area contributed by atoms with Crippen LogP contribution >= 0.6 is 0 Å². The highest BCUT2D eigenvalue weighted by Gasteiger charge is 2.29. The minimum absolute atomic E-state index is 0.304. The van der Waals surface area contributed by atoms with Crippen molar-refractivity contribution in [2.24, 2.45) is 5.92 Å². The van der Waals surface area contributed by atoms with Crippen LogP contribution in [0.5, 0.6) is 0 Å². The van der Waals surface area contributed by atoms with Crippen molar-refractivity contribution in [1.29, 1.82) is 0 Å². The van der Waals surface area contributed by atoms with Gasteiger partial charge in [-0.05, 0) is 57.9 Å². The van der Waals surface area contributed by atoms with Crippen molar-refractivity contribution in [3.63, 3.8) is 0 Å². The smallest absolute Gasteiger partial charge is 0.212 e. The molecular weight excluding hydrogens is 282 g/mol. The standard InChI is InChI=1S/C17H27NO2S/c1-14(2)21(19,20)18-12-10-17(11-13-18)9-8-16-6-4-15(3)5-7-16/h4-7,14,17H,8-13H2,1-3H3. The summed E-state index contributed by atoms with van der Waals surface area (Å²) < 4.78 is 25.9. The van der Waals surface area contributed by atoms with Gasteiger partial charge < -0.3 is 0 Å². The van der Waals surface area contributed by atoms with Gasteiger partial charge in [0, 0.05) is 13.1 Å². The fourth-order valence-electron chi connectivity index (χ4n) is 2.88. The number of aryl methyl sites for hydroxylation is 2. The van der Waals surface area contributed by atoms with Crippen LogP contribution in [-0.4, -0.2) is 31.1 Å². The maximum Gasteiger partial charge on any atom is 0.216 e. The summed E-state index contributed by atoms with van der Waals surface area (Å²) in [6.45, 7) is 7.02. The summed E-state index contributed by atoms with van der Waals surface area (Å²) >= 11 is 0. The monoisotopic (exact) mass is 309 g/mol. The van der Waals surface area contributed by atoms with Gasteiger partial charge in [-0.2, -0.15) is 0 Å². The van der Waals surface area contributed by atoms with Crippen LogP contribution in [0.4, 0.5) is 0 Å². The summed E-state index contributed by atoms with van der Waals surface area (Å²) in [6.07, 6.45) is 4.26. The first-order chi connectivity index (χ1) is 9.89. The van der Waals surface area contributed by atoms with E-state index in [1.165, 1.54) is 17.5 Å². The number of hydrogen-bond acceptors (Lipinski definition) is 2. The lowest BCUT2D eigenvalue weighted by molar-refractivity contribution is 0.262. The third kappa shape index (κ3) is 4.30. The van der Waals surface area contributed by atoms with E-state index < -0.39 is 10.0 Å². The highest BCUT2D eigenvalue weighted by atomic mass is 32.2. The van der Waals surface area contributed by atoms with Gasteiger partial charge in [0.25, 0.3) is 0 Å². The molecule has 0 atom stereocenters. The Morgan fingerprint density at radius 2 is 1.71 bits per heavy atom. The van der Waals surface area contributed by atoms with Crippen molar-refractivity contribution >= 4 is 10.0 Å². The van der Waals surface area contributed by atoms with Crippen molar-refractivity contribution in [2.75, 3.05) is 13.1 Å². The fourth-order valence-corrected chi connectivity index (χ4v) is 4.19. The predicted molar refractivity (Wildman–Crippen MR) is 87.9 cm³/mol. The van der Waals surface area contributed by atoms with Crippen LogP contribution in [0.2, 0.25) is 0 Å². The first kappa shape index (κ1) is 16.5. The van der Waals surface area contributed by atoms with E-state index in [0.29, 0.717) is 19.0 Å². The zero-order valence-electron chi connectivity index (χ0n) is 13.4. The Labute approximate surface area is 129 Å². The van der Waals surface area contributed by atoms with Crippen LogP contribution in [0.1, 0.15) is 44.2 Å². The molecular formula is C17H27NO2S. The summed E-state index contributed by atoms with van der Waals surface area (Å²) in [6, 6.07) is 8.72. The minimum atomic E-state index is -3.06. The molecule has 2 rings (SSSR count). The van der Waals surface area contributed by atoms with Crippen molar-refractivity contribution in [3.05, 3.63) is 35.4 Å². The van der Waals surface area contributed by atoms with Crippen molar-refractivity contribution in [1.82, 2.24) is 4.31 Å². The van der Waals surface area contributed by atoms with Crippen LogP contribution < -0.4 is 0 Å². The molecule has 1 saturated heterocycles. The lowest BCUT2D eigenvalue weighted by Crippen LogP contribution is -2.41. The zero-order valence-corrected chi connectivity index (χ0v) is 14.2. The van der Waals surface area contributed by atoms with E-state index in [9.17, 15) is 8.42 Å². The number of rotatable bonds is 5. The second-order valence-electron chi connectivity index (χ2n) is 6.46. The van der Waals surface area contributed by atoms with Gasteiger partial charge >= 0.3 is 0 Å². The molecule has 0 aliphatic carbocycles. The molecule has 0 amide bonds. The average Bonchev–Trinajstić information content (AvgIpc) is 2.47. The number of hydrogen-bond donors (Lipinski definition) is 0. The largest absolute Gasteiger partial charge is 0.216 e. The fraction of sp³-hybridized carbons (Fsp3) is 0.647. The van der Waals surface area contributed by atoms with Gasteiger partial charge in [-0.3, -0.25) is 0 Å². The number of benzene rings is 1.